The number of aromatic carboxylic acids is 1. The number of halogens is 1. The van der Waals surface area contributed by atoms with Crippen molar-refractivity contribution in [2.75, 3.05) is 0 Å². The Morgan fingerprint density at radius 1 is 1.26 bits per heavy atom. The SMILES string of the molecule is Cc1cc(C)c(C(=O)O)c(Sc2ccc(Br)cc2)n1. The van der Waals surface area contributed by atoms with Crippen LogP contribution < -0.4 is 0 Å². The molecule has 0 atom stereocenters. The maximum Gasteiger partial charge on any atom is 0.338 e. The Morgan fingerprint density at radius 3 is 2.47 bits per heavy atom. The molecule has 1 heterocycles. The zero-order chi connectivity index (χ0) is 14.0. The van der Waals surface area contributed by atoms with E-state index in [1.807, 2.05) is 31.2 Å². The minimum Gasteiger partial charge on any atom is -0.478 e. The summed E-state index contributed by atoms with van der Waals surface area (Å²) in [5.41, 5.74) is 1.83. The Morgan fingerprint density at radius 2 is 1.89 bits per heavy atom. The summed E-state index contributed by atoms with van der Waals surface area (Å²) in [4.78, 5) is 16.6. The van der Waals surface area contributed by atoms with E-state index in [9.17, 15) is 9.90 Å². The summed E-state index contributed by atoms with van der Waals surface area (Å²) >= 11 is 4.74. The molecule has 0 unspecified atom stereocenters. The Kier molecular flexibility index (Phi) is 4.27. The molecule has 1 aromatic carbocycles. The number of carbonyl (C=O) groups is 1. The molecule has 1 N–H and O–H groups in total. The van der Waals surface area contributed by atoms with Crippen molar-refractivity contribution in [1.29, 1.82) is 0 Å². The standard InChI is InChI=1S/C14H12BrNO2S/c1-8-7-9(2)16-13(12(8)14(17)18)19-11-5-3-10(15)4-6-11/h3-7H,1-2H3,(H,17,18). The van der Waals surface area contributed by atoms with Crippen molar-refractivity contribution in [2.24, 2.45) is 0 Å². The van der Waals surface area contributed by atoms with E-state index in [2.05, 4.69) is 20.9 Å². The molecular weight excluding hydrogens is 326 g/mol. The zero-order valence-electron chi connectivity index (χ0n) is 10.5. The Bertz CT molecular complexity index is 626. The lowest BCUT2D eigenvalue weighted by Crippen LogP contribution is -2.05. The molecule has 0 saturated carbocycles. The molecule has 0 aliphatic carbocycles. The van der Waals surface area contributed by atoms with Gasteiger partial charge in [-0.25, -0.2) is 9.78 Å². The second-order valence-corrected chi connectivity index (χ2v) is 6.10. The summed E-state index contributed by atoms with van der Waals surface area (Å²) in [6, 6.07) is 9.49. The third-order valence-corrected chi connectivity index (χ3v) is 4.08. The van der Waals surface area contributed by atoms with Gasteiger partial charge in [-0.15, -0.1) is 0 Å². The van der Waals surface area contributed by atoms with Gasteiger partial charge < -0.3 is 5.11 Å². The average Bonchev–Trinajstić information content (AvgIpc) is 2.30. The van der Waals surface area contributed by atoms with Gasteiger partial charge >= 0.3 is 5.97 Å². The summed E-state index contributed by atoms with van der Waals surface area (Å²) in [7, 11) is 0. The first kappa shape index (κ1) is 14.1. The van der Waals surface area contributed by atoms with E-state index >= 15 is 0 Å². The lowest BCUT2D eigenvalue weighted by molar-refractivity contribution is 0.0691. The first-order valence-corrected chi connectivity index (χ1v) is 7.23. The summed E-state index contributed by atoms with van der Waals surface area (Å²) in [6.45, 7) is 3.66. The molecule has 0 saturated heterocycles. The summed E-state index contributed by atoms with van der Waals surface area (Å²) in [5, 5.41) is 9.83. The molecule has 0 aliphatic heterocycles. The van der Waals surface area contributed by atoms with Crippen LogP contribution in [0.15, 0.2) is 44.7 Å². The molecule has 0 aliphatic rings. The summed E-state index contributed by atoms with van der Waals surface area (Å²) in [6.07, 6.45) is 0. The van der Waals surface area contributed by atoms with Gasteiger partial charge in [0.15, 0.2) is 0 Å². The molecule has 98 valence electrons. The number of nitrogens with zero attached hydrogens (tertiary/aromatic N) is 1. The Labute approximate surface area is 124 Å². The molecule has 2 rings (SSSR count). The quantitative estimate of drug-likeness (QED) is 0.906. The number of carboxylic acid groups (broad SMARTS) is 1. The number of aryl methyl sites for hydroxylation is 2. The highest BCUT2D eigenvalue weighted by molar-refractivity contribution is 9.10. The lowest BCUT2D eigenvalue weighted by atomic mass is 10.1. The molecule has 3 nitrogen and oxygen atoms in total. The van der Waals surface area contributed by atoms with Gasteiger partial charge in [0.2, 0.25) is 0 Å². The minimum atomic E-state index is -0.940. The van der Waals surface area contributed by atoms with Crippen LogP contribution >= 0.6 is 27.7 Å². The molecule has 0 amide bonds. The molecular formula is C14H12BrNO2S. The van der Waals surface area contributed by atoms with Crippen molar-refractivity contribution < 1.29 is 9.90 Å². The van der Waals surface area contributed by atoms with Crippen molar-refractivity contribution in [1.82, 2.24) is 4.98 Å². The first-order chi connectivity index (χ1) is 8.97. The smallest absolute Gasteiger partial charge is 0.338 e. The van der Waals surface area contributed by atoms with Crippen molar-refractivity contribution in [3.63, 3.8) is 0 Å². The zero-order valence-corrected chi connectivity index (χ0v) is 12.9. The molecule has 0 spiro atoms. The van der Waals surface area contributed by atoms with E-state index in [1.54, 1.807) is 13.0 Å². The highest BCUT2D eigenvalue weighted by Crippen LogP contribution is 2.31. The van der Waals surface area contributed by atoms with Crippen molar-refractivity contribution in [3.05, 3.63) is 51.6 Å². The molecule has 0 radical (unpaired) electrons. The topological polar surface area (TPSA) is 50.2 Å². The molecule has 2 aromatic rings. The van der Waals surface area contributed by atoms with Crippen LogP contribution in [-0.4, -0.2) is 16.1 Å². The first-order valence-electron chi connectivity index (χ1n) is 5.62. The number of hydrogen-bond acceptors (Lipinski definition) is 3. The van der Waals surface area contributed by atoms with Gasteiger partial charge in [-0.2, -0.15) is 0 Å². The largest absolute Gasteiger partial charge is 0.478 e. The summed E-state index contributed by atoms with van der Waals surface area (Å²) < 4.78 is 0.990. The monoisotopic (exact) mass is 337 g/mol. The predicted molar refractivity (Wildman–Crippen MR) is 78.9 cm³/mol. The van der Waals surface area contributed by atoms with Crippen LogP contribution in [0.2, 0.25) is 0 Å². The third-order valence-electron chi connectivity index (χ3n) is 2.55. The van der Waals surface area contributed by atoms with E-state index in [0.717, 1.165) is 20.6 Å². The molecule has 19 heavy (non-hydrogen) atoms. The second-order valence-electron chi connectivity index (χ2n) is 4.12. The van der Waals surface area contributed by atoms with Gasteiger partial charge in [0.25, 0.3) is 0 Å². The molecule has 5 heteroatoms. The van der Waals surface area contributed by atoms with Gasteiger partial charge in [-0.05, 0) is 49.7 Å². The molecule has 1 aromatic heterocycles. The van der Waals surface area contributed by atoms with Crippen molar-refractivity contribution >= 4 is 33.7 Å². The van der Waals surface area contributed by atoms with Crippen LogP contribution in [-0.2, 0) is 0 Å². The van der Waals surface area contributed by atoms with E-state index in [-0.39, 0.29) is 5.56 Å². The number of pyridine rings is 1. The van der Waals surface area contributed by atoms with Crippen LogP contribution in [0.1, 0.15) is 21.6 Å². The van der Waals surface area contributed by atoms with Gasteiger partial charge in [0, 0.05) is 15.1 Å². The van der Waals surface area contributed by atoms with Crippen molar-refractivity contribution in [3.8, 4) is 0 Å². The fraction of sp³-hybridized carbons (Fsp3) is 0.143. The number of hydrogen-bond donors (Lipinski definition) is 1. The number of benzene rings is 1. The van der Waals surface area contributed by atoms with Gasteiger partial charge in [0.05, 0.1) is 5.56 Å². The number of aromatic nitrogens is 1. The Hall–Kier alpha value is -1.33. The van der Waals surface area contributed by atoms with Crippen LogP contribution in [0.4, 0.5) is 0 Å². The van der Waals surface area contributed by atoms with Crippen LogP contribution in [0.5, 0.6) is 0 Å². The summed E-state index contributed by atoms with van der Waals surface area (Å²) in [5.74, 6) is -0.940. The second kappa shape index (κ2) is 5.75. The molecule has 0 bridgehead atoms. The predicted octanol–water partition coefficient (Wildman–Crippen LogP) is 4.31. The van der Waals surface area contributed by atoms with Crippen LogP contribution in [0.3, 0.4) is 0 Å². The van der Waals surface area contributed by atoms with E-state index in [1.165, 1.54) is 11.8 Å². The van der Waals surface area contributed by atoms with Gasteiger partial charge in [0.1, 0.15) is 5.03 Å². The van der Waals surface area contributed by atoms with Gasteiger partial charge in [-0.1, -0.05) is 27.7 Å². The average molecular weight is 338 g/mol. The Balaban J connectivity index is 2.44. The normalized spacial score (nSPS) is 10.5. The minimum absolute atomic E-state index is 0.276. The maximum atomic E-state index is 11.3. The highest BCUT2D eigenvalue weighted by atomic mass is 79.9. The fourth-order valence-corrected chi connectivity index (χ4v) is 3.05. The van der Waals surface area contributed by atoms with Crippen LogP contribution in [0.25, 0.3) is 0 Å². The van der Waals surface area contributed by atoms with Gasteiger partial charge in [-0.3, -0.25) is 0 Å². The van der Waals surface area contributed by atoms with E-state index in [4.69, 9.17) is 0 Å². The van der Waals surface area contributed by atoms with Crippen LogP contribution in [0, 0.1) is 13.8 Å². The molecule has 0 fully saturated rings. The van der Waals surface area contributed by atoms with E-state index in [0.29, 0.717) is 5.03 Å². The number of rotatable bonds is 3. The highest BCUT2D eigenvalue weighted by Gasteiger charge is 2.16. The van der Waals surface area contributed by atoms with E-state index < -0.39 is 5.97 Å². The van der Waals surface area contributed by atoms with Crippen molar-refractivity contribution in [2.45, 2.75) is 23.8 Å². The number of carboxylic acids is 1. The third kappa shape index (κ3) is 3.36. The lowest BCUT2D eigenvalue weighted by Gasteiger charge is -2.09. The fourth-order valence-electron chi connectivity index (χ4n) is 1.75. The maximum absolute atomic E-state index is 11.3.